The average Bonchev–Trinajstić information content (AvgIpc) is 2.94. The average molecular weight is 349 g/mol. The first-order valence-corrected chi connectivity index (χ1v) is 9.63. The highest BCUT2D eigenvalue weighted by Crippen LogP contribution is 2.24. The number of aliphatic imine (C=N–C) groups is 1. The lowest BCUT2D eigenvalue weighted by Gasteiger charge is -2.39. The third kappa shape index (κ3) is 3.13. The van der Waals surface area contributed by atoms with Crippen LogP contribution in [0.15, 0.2) is 39.7 Å². The van der Waals surface area contributed by atoms with Crippen molar-refractivity contribution in [2.45, 2.75) is 25.1 Å². The Morgan fingerprint density at radius 2 is 2.12 bits per heavy atom. The Bertz CT molecular complexity index is 835. The van der Waals surface area contributed by atoms with Crippen LogP contribution in [0.3, 0.4) is 0 Å². The molecule has 1 fully saturated rings. The summed E-state index contributed by atoms with van der Waals surface area (Å²) < 4.78 is 29.3. The lowest BCUT2D eigenvalue weighted by Crippen LogP contribution is -2.57. The molecule has 1 aliphatic heterocycles. The minimum absolute atomic E-state index is 0.144. The number of fused-ring (bicyclic) bond motifs is 1. The summed E-state index contributed by atoms with van der Waals surface area (Å²) in [5.74, 6) is 1.66. The number of furan rings is 1. The van der Waals surface area contributed by atoms with Crippen molar-refractivity contribution in [2.24, 2.45) is 4.99 Å². The molecular weight excluding hydrogens is 326 g/mol. The summed E-state index contributed by atoms with van der Waals surface area (Å²) in [6.45, 7) is 4.91. The maximum atomic E-state index is 12.1. The number of nitrogens with one attached hydrogen (secondary N) is 1. The second-order valence-electron chi connectivity index (χ2n) is 6.65. The highest BCUT2D eigenvalue weighted by Gasteiger charge is 2.40. The Labute approximate surface area is 142 Å². The molecule has 1 N–H and O–H groups in total. The molecule has 1 aromatic heterocycles. The normalized spacial score (nSPS) is 20.3. The van der Waals surface area contributed by atoms with Gasteiger partial charge in [-0.05, 0) is 26.0 Å². The van der Waals surface area contributed by atoms with Crippen LogP contribution >= 0.6 is 0 Å². The highest BCUT2D eigenvalue weighted by molar-refractivity contribution is 7.92. The zero-order chi connectivity index (χ0) is 17.4. The molecule has 2 aromatic rings. The summed E-state index contributed by atoms with van der Waals surface area (Å²) in [6, 6.07) is 9.86. The van der Waals surface area contributed by atoms with E-state index in [-0.39, 0.29) is 5.75 Å². The van der Waals surface area contributed by atoms with E-state index in [0.29, 0.717) is 25.6 Å². The van der Waals surface area contributed by atoms with Gasteiger partial charge in [0.15, 0.2) is 15.8 Å². The van der Waals surface area contributed by atoms with E-state index < -0.39 is 14.6 Å². The molecule has 1 aromatic carbocycles. The van der Waals surface area contributed by atoms with E-state index in [0.717, 1.165) is 16.7 Å². The molecule has 24 heavy (non-hydrogen) atoms. The molecule has 0 bridgehead atoms. The molecule has 0 atom stereocenters. The highest BCUT2D eigenvalue weighted by atomic mass is 32.2. The van der Waals surface area contributed by atoms with Gasteiger partial charge >= 0.3 is 0 Å². The third-order valence-electron chi connectivity index (χ3n) is 4.45. The summed E-state index contributed by atoms with van der Waals surface area (Å²) in [7, 11) is -1.36. The lowest BCUT2D eigenvalue weighted by molar-refractivity contribution is 0.351. The maximum absolute atomic E-state index is 12.1. The molecule has 0 aliphatic carbocycles. The Morgan fingerprint density at radius 3 is 2.79 bits per heavy atom. The predicted octanol–water partition coefficient (Wildman–Crippen LogP) is 2.02. The summed E-state index contributed by atoms with van der Waals surface area (Å²) in [6.07, 6.45) is 0. The van der Waals surface area contributed by atoms with E-state index >= 15 is 0 Å². The van der Waals surface area contributed by atoms with Crippen LogP contribution in [-0.4, -0.2) is 49.9 Å². The van der Waals surface area contributed by atoms with Crippen molar-refractivity contribution in [3.63, 3.8) is 0 Å². The summed E-state index contributed by atoms with van der Waals surface area (Å²) in [5, 5.41) is 4.33. The predicted molar refractivity (Wildman–Crippen MR) is 95.9 cm³/mol. The molecule has 0 unspecified atom stereocenters. The van der Waals surface area contributed by atoms with E-state index in [1.807, 2.05) is 35.2 Å². The number of para-hydroxylation sites is 1. The van der Waals surface area contributed by atoms with Crippen molar-refractivity contribution in [1.29, 1.82) is 0 Å². The minimum atomic E-state index is -3.06. The Hall–Kier alpha value is -2.02. The van der Waals surface area contributed by atoms with Crippen LogP contribution in [0.2, 0.25) is 0 Å². The van der Waals surface area contributed by atoms with Gasteiger partial charge in [-0.2, -0.15) is 0 Å². The zero-order valence-electron chi connectivity index (χ0n) is 14.2. The van der Waals surface area contributed by atoms with Crippen molar-refractivity contribution < 1.29 is 12.8 Å². The molecule has 7 heteroatoms. The zero-order valence-corrected chi connectivity index (χ0v) is 15.1. The van der Waals surface area contributed by atoms with Crippen molar-refractivity contribution in [3.05, 3.63) is 36.1 Å². The van der Waals surface area contributed by atoms with Gasteiger partial charge in [-0.1, -0.05) is 18.2 Å². The number of nitrogens with zero attached hydrogens (tertiary/aromatic N) is 2. The van der Waals surface area contributed by atoms with Gasteiger partial charge < -0.3 is 14.6 Å². The second-order valence-corrected chi connectivity index (χ2v) is 9.39. The quantitative estimate of drug-likeness (QED) is 0.663. The van der Waals surface area contributed by atoms with Gasteiger partial charge in [0.2, 0.25) is 0 Å². The minimum Gasteiger partial charge on any atom is -0.459 e. The number of hydrogen-bond donors (Lipinski definition) is 1. The van der Waals surface area contributed by atoms with Gasteiger partial charge in [0.05, 0.1) is 17.0 Å². The van der Waals surface area contributed by atoms with Crippen molar-refractivity contribution in [1.82, 2.24) is 10.2 Å². The molecule has 0 spiro atoms. The monoisotopic (exact) mass is 349 g/mol. The smallest absolute Gasteiger partial charge is 0.194 e. The van der Waals surface area contributed by atoms with Gasteiger partial charge in [-0.15, -0.1) is 0 Å². The molecule has 0 radical (unpaired) electrons. The van der Waals surface area contributed by atoms with Crippen LogP contribution in [0.4, 0.5) is 0 Å². The standard InChI is InChI=1S/C17H23N3O3S/c1-17(2)12-20(8-9-24(17,21)22)16(18-3)19-11-14-10-13-6-4-5-7-15(13)23-14/h4-7,10H,8-9,11-12H2,1-3H3,(H,18,19). The topological polar surface area (TPSA) is 74.9 Å². The Morgan fingerprint density at radius 1 is 1.38 bits per heavy atom. The molecule has 0 saturated carbocycles. The van der Waals surface area contributed by atoms with E-state index in [1.165, 1.54) is 0 Å². The van der Waals surface area contributed by atoms with Crippen LogP contribution in [0.25, 0.3) is 11.0 Å². The Kier molecular flexibility index (Phi) is 4.29. The van der Waals surface area contributed by atoms with Crippen molar-refractivity contribution in [3.8, 4) is 0 Å². The molecular formula is C17H23N3O3S. The van der Waals surface area contributed by atoms with E-state index in [9.17, 15) is 8.42 Å². The van der Waals surface area contributed by atoms with Gasteiger partial charge in [-0.25, -0.2) is 8.42 Å². The number of guanidine groups is 1. The van der Waals surface area contributed by atoms with Gasteiger partial charge in [0, 0.05) is 25.5 Å². The molecule has 1 aliphatic rings. The molecule has 6 nitrogen and oxygen atoms in total. The molecule has 130 valence electrons. The van der Waals surface area contributed by atoms with Crippen LogP contribution in [0.1, 0.15) is 19.6 Å². The van der Waals surface area contributed by atoms with Crippen molar-refractivity contribution >= 4 is 26.8 Å². The van der Waals surface area contributed by atoms with E-state index in [2.05, 4.69) is 10.3 Å². The van der Waals surface area contributed by atoms with Crippen LogP contribution < -0.4 is 5.32 Å². The molecule has 2 heterocycles. The second kappa shape index (κ2) is 6.12. The first-order valence-electron chi connectivity index (χ1n) is 7.98. The summed E-state index contributed by atoms with van der Waals surface area (Å²) in [4.78, 5) is 6.28. The number of rotatable bonds is 2. The van der Waals surface area contributed by atoms with Crippen LogP contribution in [0, 0.1) is 0 Å². The third-order valence-corrected chi connectivity index (χ3v) is 6.99. The van der Waals surface area contributed by atoms with Gasteiger partial charge in [0.1, 0.15) is 11.3 Å². The van der Waals surface area contributed by atoms with E-state index in [1.54, 1.807) is 20.9 Å². The van der Waals surface area contributed by atoms with Gasteiger partial charge in [-0.3, -0.25) is 4.99 Å². The van der Waals surface area contributed by atoms with Crippen LogP contribution in [0.5, 0.6) is 0 Å². The summed E-state index contributed by atoms with van der Waals surface area (Å²) >= 11 is 0. The largest absolute Gasteiger partial charge is 0.459 e. The van der Waals surface area contributed by atoms with Crippen LogP contribution in [-0.2, 0) is 16.4 Å². The van der Waals surface area contributed by atoms with E-state index in [4.69, 9.17) is 4.42 Å². The fourth-order valence-corrected chi connectivity index (χ4v) is 4.31. The molecule has 1 saturated heterocycles. The fraction of sp³-hybridized carbons (Fsp3) is 0.471. The Balaban J connectivity index is 1.69. The SMILES string of the molecule is CN=C(NCc1cc2ccccc2o1)N1CCS(=O)(=O)C(C)(C)C1. The fourth-order valence-electron chi connectivity index (χ4n) is 2.95. The first-order chi connectivity index (χ1) is 11.3. The maximum Gasteiger partial charge on any atom is 0.194 e. The van der Waals surface area contributed by atoms with Gasteiger partial charge in [0.25, 0.3) is 0 Å². The number of hydrogen-bond acceptors (Lipinski definition) is 4. The number of benzene rings is 1. The number of sulfone groups is 1. The summed E-state index contributed by atoms with van der Waals surface area (Å²) in [5.41, 5.74) is 0.856. The molecule has 3 rings (SSSR count). The van der Waals surface area contributed by atoms with Crippen molar-refractivity contribution in [2.75, 3.05) is 25.9 Å². The molecule has 0 amide bonds. The first kappa shape index (κ1) is 16.8. The lowest BCUT2D eigenvalue weighted by atomic mass is 10.2.